The predicted molar refractivity (Wildman–Crippen MR) is 41.9 cm³/mol. The predicted octanol–water partition coefficient (Wildman–Crippen LogP) is 1.65. The van der Waals surface area contributed by atoms with Gasteiger partial charge in [-0.05, 0) is 12.8 Å². The second kappa shape index (κ2) is 7.03. The summed E-state index contributed by atoms with van der Waals surface area (Å²) in [7, 11) is 1.71. The van der Waals surface area contributed by atoms with Crippen molar-refractivity contribution in [3.63, 3.8) is 0 Å². The Morgan fingerprint density at radius 1 is 1.50 bits per heavy atom. The van der Waals surface area contributed by atoms with Gasteiger partial charge in [0.15, 0.2) is 0 Å². The summed E-state index contributed by atoms with van der Waals surface area (Å²) in [5, 5.41) is 0. The second-order valence-corrected chi connectivity index (χ2v) is 2.19. The summed E-state index contributed by atoms with van der Waals surface area (Å²) in [6.45, 7) is 7.19. The number of hydrogen-bond acceptors (Lipinski definition) is 2. The van der Waals surface area contributed by atoms with Crippen LogP contribution in [0.4, 0.5) is 0 Å². The van der Waals surface area contributed by atoms with Gasteiger partial charge in [-0.3, -0.25) is 0 Å². The largest absolute Gasteiger partial charge is 0.379 e. The first-order chi connectivity index (χ1) is 4.85. The lowest BCUT2D eigenvalue weighted by Crippen LogP contribution is -2.17. The summed E-state index contributed by atoms with van der Waals surface area (Å²) in [6, 6.07) is 0. The Bertz CT molecular complexity index is 60.3. The monoisotopic (exact) mass is 145 g/mol. The molecule has 0 bridgehead atoms. The molecular weight excluding hydrogens is 128 g/mol. The van der Waals surface area contributed by atoms with Gasteiger partial charge in [0.05, 0.1) is 12.7 Å². The van der Waals surface area contributed by atoms with E-state index in [1.807, 2.05) is 0 Å². The van der Waals surface area contributed by atoms with Crippen molar-refractivity contribution in [3.05, 3.63) is 6.92 Å². The average Bonchev–Trinajstić information content (AvgIpc) is 1.99. The Hall–Kier alpha value is -0.0800. The van der Waals surface area contributed by atoms with Crippen LogP contribution in [-0.4, -0.2) is 26.4 Å². The van der Waals surface area contributed by atoms with E-state index >= 15 is 0 Å². The molecule has 0 aromatic carbocycles. The molecule has 2 heteroatoms. The highest BCUT2D eigenvalue weighted by molar-refractivity contribution is 4.51. The molecule has 1 atom stereocenters. The SMILES string of the molecule is [CH2]CCOCC(CC)OC. The number of hydrogen-bond donors (Lipinski definition) is 0. The first-order valence-corrected chi connectivity index (χ1v) is 3.74. The van der Waals surface area contributed by atoms with Gasteiger partial charge >= 0.3 is 0 Å². The van der Waals surface area contributed by atoms with Crippen LogP contribution in [0.3, 0.4) is 0 Å². The summed E-state index contributed by atoms with van der Waals surface area (Å²) < 4.78 is 10.3. The van der Waals surface area contributed by atoms with E-state index in [-0.39, 0.29) is 6.10 Å². The van der Waals surface area contributed by atoms with Crippen molar-refractivity contribution in [2.24, 2.45) is 0 Å². The quantitative estimate of drug-likeness (QED) is 0.529. The van der Waals surface area contributed by atoms with Gasteiger partial charge < -0.3 is 9.47 Å². The maximum Gasteiger partial charge on any atom is 0.0802 e. The third-order valence-corrected chi connectivity index (χ3v) is 1.38. The van der Waals surface area contributed by atoms with E-state index < -0.39 is 0 Å². The van der Waals surface area contributed by atoms with Gasteiger partial charge in [-0.25, -0.2) is 0 Å². The van der Waals surface area contributed by atoms with Crippen LogP contribution in [0.15, 0.2) is 0 Å². The number of ether oxygens (including phenoxy) is 2. The Labute approximate surface area is 63.5 Å². The van der Waals surface area contributed by atoms with Crippen LogP contribution in [0.25, 0.3) is 0 Å². The van der Waals surface area contributed by atoms with Crippen LogP contribution in [-0.2, 0) is 9.47 Å². The van der Waals surface area contributed by atoms with Gasteiger partial charge in [-0.2, -0.15) is 0 Å². The zero-order chi connectivity index (χ0) is 7.82. The summed E-state index contributed by atoms with van der Waals surface area (Å²) in [5.41, 5.74) is 0. The Morgan fingerprint density at radius 3 is 2.60 bits per heavy atom. The van der Waals surface area contributed by atoms with Crippen LogP contribution in [0.2, 0.25) is 0 Å². The van der Waals surface area contributed by atoms with Crippen molar-refractivity contribution >= 4 is 0 Å². The highest BCUT2D eigenvalue weighted by Crippen LogP contribution is 1.96. The fourth-order valence-electron chi connectivity index (χ4n) is 0.669. The van der Waals surface area contributed by atoms with E-state index in [0.29, 0.717) is 6.61 Å². The molecule has 0 aromatic heterocycles. The average molecular weight is 145 g/mol. The minimum atomic E-state index is 0.256. The molecule has 0 aliphatic heterocycles. The molecule has 0 heterocycles. The highest BCUT2D eigenvalue weighted by Gasteiger charge is 2.01. The van der Waals surface area contributed by atoms with E-state index in [1.54, 1.807) is 7.11 Å². The molecule has 0 rings (SSSR count). The Morgan fingerprint density at radius 2 is 2.20 bits per heavy atom. The molecule has 61 valence electrons. The van der Waals surface area contributed by atoms with Crippen molar-refractivity contribution in [1.29, 1.82) is 0 Å². The van der Waals surface area contributed by atoms with E-state index in [9.17, 15) is 0 Å². The van der Waals surface area contributed by atoms with Crippen LogP contribution in [0, 0.1) is 6.92 Å². The maximum absolute atomic E-state index is 5.24. The summed E-state index contributed by atoms with van der Waals surface area (Å²) in [5.74, 6) is 0. The van der Waals surface area contributed by atoms with Crippen molar-refractivity contribution in [1.82, 2.24) is 0 Å². The zero-order valence-electron chi connectivity index (χ0n) is 6.93. The molecular formula is C8H17O2. The molecule has 0 saturated heterocycles. The highest BCUT2D eigenvalue weighted by atomic mass is 16.5. The van der Waals surface area contributed by atoms with Crippen molar-refractivity contribution in [2.45, 2.75) is 25.9 Å². The molecule has 0 N–H and O–H groups in total. The zero-order valence-corrected chi connectivity index (χ0v) is 6.93. The van der Waals surface area contributed by atoms with Gasteiger partial charge in [0.25, 0.3) is 0 Å². The van der Waals surface area contributed by atoms with Crippen LogP contribution >= 0.6 is 0 Å². The molecule has 0 amide bonds. The van der Waals surface area contributed by atoms with Gasteiger partial charge in [0.2, 0.25) is 0 Å². The third kappa shape index (κ3) is 4.77. The van der Waals surface area contributed by atoms with Gasteiger partial charge in [0.1, 0.15) is 0 Å². The first-order valence-electron chi connectivity index (χ1n) is 3.74. The molecule has 0 fully saturated rings. The van der Waals surface area contributed by atoms with Crippen LogP contribution < -0.4 is 0 Å². The maximum atomic E-state index is 5.24. The lowest BCUT2D eigenvalue weighted by molar-refractivity contribution is 0.00820. The van der Waals surface area contributed by atoms with Crippen molar-refractivity contribution in [3.8, 4) is 0 Å². The molecule has 0 aliphatic rings. The molecule has 0 saturated carbocycles. The Kier molecular flexibility index (Phi) is 6.98. The number of rotatable bonds is 6. The third-order valence-electron chi connectivity index (χ3n) is 1.38. The van der Waals surface area contributed by atoms with E-state index in [0.717, 1.165) is 19.4 Å². The normalized spacial score (nSPS) is 13.5. The van der Waals surface area contributed by atoms with Gasteiger partial charge in [-0.1, -0.05) is 13.8 Å². The molecule has 1 radical (unpaired) electrons. The van der Waals surface area contributed by atoms with E-state index in [2.05, 4.69) is 13.8 Å². The summed E-state index contributed by atoms with van der Waals surface area (Å²) in [4.78, 5) is 0. The van der Waals surface area contributed by atoms with Crippen LogP contribution in [0.1, 0.15) is 19.8 Å². The molecule has 1 unspecified atom stereocenters. The molecule has 0 aliphatic carbocycles. The van der Waals surface area contributed by atoms with E-state index in [1.165, 1.54) is 0 Å². The fourth-order valence-corrected chi connectivity index (χ4v) is 0.669. The molecule has 2 nitrogen and oxygen atoms in total. The minimum Gasteiger partial charge on any atom is -0.379 e. The molecule has 0 aromatic rings. The molecule has 10 heavy (non-hydrogen) atoms. The summed E-state index contributed by atoms with van der Waals surface area (Å²) >= 11 is 0. The van der Waals surface area contributed by atoms with Gasteiger partial charge in [0, 0.05) is 13.7 Å². The topological polar surface area (TPSA) is 18.5 Å². The second-order valence-electron chi connectivity index (χ2n) is 2.19. The van der Waals surface area contributed by atoms with Crippen molar-refractivity contribution < 1.29 is 9.47 Å². The van der Waals surface area contributed by atoms with Crippen molar-refractivity contribution in [2.75, 3.05) is 20.3 Å². The summed E-state index contributed by atoms with van der Waals surface area (Å²) in [6.07, 6.45) is 2.10. The lowest BCUT2D eigenvalue weighted by atomic mass is 10.3. The van der Waals surface area contributed by atoms with Crippen LogP contribution in [0.5, 0.6) is 0 Å². The minimum absolute atomic E-state index is 0.256. The smallest absolute Gasteiger partial charge is 0.0802 e. The lowest BCUT2D eigenvalue weighted by Gasteiger charge is -2.12. The standard InChI is InChI=1S/C8H17O2/c1-4-6-10-7-8(5-2)9-3/h8H,1,4-7H2,2-3H3. The Balaban J connectivity index is 3.09. The number of methoxy groups -OCH3 is 1. The molecule has 0 spiro atoms. The first kappa shape index (κ1) is 9.92. The van der Waals surface area contributed by atoms with Gasteiger partial charge in [-0.15, -0.1) is 0 Å². The fraction of sp³-hybridized carbons (Fsp3) is 0.875. The van der Waals surface area contributed by atoms with E-state index in [4.69, 9.17) is 9.47 Å².